The summed E-state index contributed by atoms with van der Waals surface area (Å²) in [6, 6.07) is 4.79. The van der Waals surface area contributed by atoms with Gasteiger partial charge in [0.2, 0.25) is 0 Å². The lowest BCUT2D eigenvalue weighted by Crippen LogP contribution is -2.44. The quantitative estimate of drug-likeness (QED) is 0.879. The molecule has 1 saturated heterocycles. The summed E-state index contributed by atoms with van der Waals surface area (Å²) in [4.78, 5) is 11.3. The third kappa shape index (κ3) is 2.87. The minimum absolute atomic E-state index is 0.183. The first-order chi connectivity index (χ1) is 9.02. The highest BCUT2D eigenvalue weighted by Gasteiger charge is 2.35. The van der Waals surface area contributed by atoms with Crippen LogP contribution in [0, 0.1) is 11.7 Å². The van der Waals surface area contributed by atoms with Gasteiger partial charge in [-0.1, -0.05) is 6.07 Å². The van der Waals surface area contributed by atoms with Crippen LogP contribution >= 0.6 is 0 Å². The number of nitrogens with one attached hydrogen (secondary N) is 1. The first-order valence-corrected chi connectivity index (χ1v) is 6.32. The zero-order valence-electron chi connectivity index (χ0n) is 11.0. The van der Waals surface area contributed by atoms with Crippen molar-refractivity contribution >= 4 is 5.97 Å². The summed E-state index contributed by atoms with van der Waals surface area (Å²) in [7, 11) is 1.47. The molecule has 3 unspecified atom stereocenters. The summed E-state index contributed by atoms with van der Waals surface area (Å²) < 4.78 is 19.1. The van der Waals surface area contributed by atoms with Gasteiger partial charge in [-0.15, -0.1) is 0 Å². The van der Waals surface area contributed by atoms with Gasteiger partial charge in [-0.25, -0.2) is 4.39 Å². The minimum atomic E-state index is -0.889. The van der Waals surface area contributed by atoms with Crippen LogP contribution in [0.2, 0.25) is 0 Å². The van der Waals surface area contributed by atoms with Crippen LogP contribution in [0.4, 0.5) is 4.39 Å². The molecular formula is C14H18FNO3. The summed E-state index contributed by atoms with van der Waals surface area (Å²) in [5.74, 6) is -1.75. The molecule has 0 amide bonds. The number of rotatable bonds is 3. The molecular weight excluding hydrogens is 249 g/mol. The molecule has 2 N–H and O–H groups in total. The lowest BCUT2D eigenvalue weighted by molar-refractivity contribution is -0.143. The van der Waals surface area contributed by atoms with Gasteiger partial charge in [0.05, 0.1) is 13.0 Å². The first-order valence-electron chi connectivity index (χ1n) is 6.32. The fraction of sp³-hybridized carbons (Fsp3) is 0.500. The Morgan fingerprint density at radius 2 is 2.26 bits per heavy atom. The van der Waals surface area contributed by atoms with Crippen LogP contribution in [-0.2, 0) is 4.79 Å². The Hall–Kier alpha value is -1.62. The van der Waals surface area contributed by atoms with Gasteiger partial charge in [-0.05, 0) is 25.0 Å². The highest BCUT2D eigenvalue weighted by Crippen LogP contribution is 2.35. The van der Waals surface area contributed by atoms with E-state index in [0.29, 0.717) is 24.3 Å². The largest absolute Gasteiger partial charge is 0.497 e. The van der Waals surface area contributed by atoms with Crippen molar-refractivity contribution in [3.63, 3.8) is 0 Å². The van der Waals surface area contributed by atoms with Crippen molar-refractivity contribution in [2.24, 2.45) is 5.92 Å². The van der Waals surface area contributed by atoms with E-state index >= 15 is 0 Å². The summed E-state index contributed by atoms with van der Waals surface area (Å²) in [6.07, 6.45) is 0.611. The third-order valence-electron chi connectivity index (χ3n) is 3.70. The molecule has 1 aromatic carbocycles. The number of piperidine rings is 1. The monoisotopic (exact) mass is 267 g/mol. The fourth-order valence-corrected chi connectivity index (χ4v) is 2.64. The Labute approximate surface area is 111 Å². The van der Waals surface area contributed by atoms with Crippen LogP contribution < -0.4 is 10.1 Å². The molecule has 1 heterocycles. The molecule has 0 spiro atoms. The highest BCUT2D eigenvalue weighted by atomic mass is 19.1. The zero-order chi connectivity index (χ0) is 14.0. The molecule has 1 aromatic rings. The van der Waals surface area contributed by atoms with E-state index in [9.17, 15) is 14.3 Å². The Kier molecular flexibility index (Phi) is 4.04. The van der Waals surface area contributed by atoms with Gasteiger partial charge in [0.25, 0.3) is 0 Å². The average molecular weight is 267 g/mol. The molecule has 0 aromatic heterocycles. The fourth-order valence-electron chi connectivity index (χ4n) is 2.64. The molecule has 3 atom stereocenters. The number of aliphatic carboxylic acids is 1. The van der Waals surface area contributed by atoms with Crippen molar-refractivity contribution in [3.8, 4) is 5.75 Å². The average Bonchev–Trinajstić information content (AvgIpc) is 2.38. The molecule has 19 heavy (non-hydrogen) atoms. The number of hydrogen-bond donors (Lipinski definition) is 2. The molecule has 2 rings (SSSR count). The molecule has 5 heteroatoms. The maximum absolute atomic E-state index is 14.1. The number of carboxylic acid groups (broad SMARTS) is 1. The van der Waals surface area contributed by atoms with Gasteiger partial charge >= 0.3 is 5.97 Å². The Bertz CT molecular complexity index is 478. The first kappa shape index (κ1) is 13.8. The molecule has 104 valence electrons. The van der Waals surface area contributed by atoms with Gasteiger partial charge in [-0.2, -0.15) is 0 Å². The van der Waals surface area contributed by atoms with Crippen LogP contribution in [0.5, 0.6) is 5.75 Å². The van der Waals surface area contributed by atoms with Crippen LogP contribution in [0.1, 0.15) is 24.8 Å². The van der Waals surface area contributed by atoms with Gasteiger partial charge in [0.15, 0.2) is 0 Å². The number of carbonyl (C=O) groups is 1. The SMILES string of the molecule is COc1ccc(C2CC(C)NCC2C(=O)O)c(F)c1. The minimum Gasteiger partial charge on any atom is -0.497 e. The van der Waals surface area contributed by atoms with Crippen molar-refractivity contribution in [1.29, 1.82) is 0 Å². The number of ether oxygens (including phenoxy) is 1. The van der Waals surface area contributed by atoms with E-state index in [0.717, 1.165) is 0 Å². The summed E-state index contributed by atoms with van der Waals surface area (Å²) in [5.41, 5.74) is 0.460. The topological polar surface area (TPSA) is 58.6 Å². The second-order valence-corrected chi connectivity index (χ2v) is 4.98. The van der Waals surface area contributed by atoms with E-state index in [1.54, 1.807) is 12.1 Å². The van der Waals surface area contributed by atoms with Crippen LogP contribution in [-0.4, -0.2) is 30.8 Å². The number of methoxy groups -OCH3 is 1. The lowest BCUT2D eigenvalue weighted by atomic mass is 9.78. The van der Waals surface area contributed by atoms with Gasteiger partial charge in [-0.3, -0.25) is 4.79 Å². The molecule has 1 aliphatic heterocycles. The van der Waals surface area contributed by atoms with E-state index in [-0.39, 0.29) is 12.0 Å². The van der Waals surface area contributed by atoms with Crippen LogP contribution in [0.15, 0.2) is 18.2 Å². The van der Waals surface area contributed by atoms with Crippen molar-refractivity contribution < 1.29 is 19.0 Å². The zero-order valence-corrected chi connectivity index (χ0v) is 11.0. The standard InChI is InChI=1S/C14H18FNO3/c1-8-5-11(12(7-16-8)14(17)18)10-4-3-9(19-2)6-13(10)15/h3-4,6,8,11-12,16H,5,7H2,1-2H3,(H,17,18). The normalized spacial score (nSPS) is 27.0. The summed E-state index contributed by atoms with van der Waals surface area (Å²) >= 11 is 0. The summed E-state index contributed by atoms with van der Waals surface area (Å²) in [6.45, 7) is 2.35. The van der Waals surface area contributed by atoms with Crippen molar-refractivity contribution in [1.82, 2.24) is 5.32 Å². The Balaban J connectivity index is 2.33. The van der Waals surface area contributed by atoms with Gasteiger partial charge in [0.1, 0.15) is 11.6 Å². The van der Waals surface area contributed by atoms with Crippen molar-refractivity contribution in [2.75, 3.05) is 13.7 Å². The molecule has 1 aliphatic rings. The molecule has 0 saturated carbocycles. The second-order valence-electron chi connectivity index (χ2n) is 4.98. The predicted molar refractivity (Wildman–Crippen MR) is 68.9 cm³/mol. The molecule has 1 fully saturated rings. The number of benzene rings is 1. The molecule has 4 nitrogen and oxygen atoms in total. The summed E-state index contributed by atoms with van der Waals surface area (Å²) in [5, 5.41) is 12.4. The predicted octanol–water partition coefficient (Wildman–Crippen LogP) is 2.00. The van der Waals surface area contributed by atoms with Crippen molar-refractivity contribution in [3.05, 3.63) is 29.6 Å². The van der Waals surface area contributed by atoms with Crippen LogP contribution in [0.3, 0.4) is 0 Å². The number of hydrogen-bond acceptors (Lipinski definition) is 3. The molecule has 0 bridgehead atoms. The van der Waals surface area contributed by atoms with E-state index in [1.807, 2.05) is 6.92 Å². The van der Waals surface area contributed by atoms with E-state index in [4.69, 9.17) is 4.74 Å². The van der Waals surface area contributed by atoms with Crippen molar-refractivity contribution in [2.45, 2.75) is 25.3 Å². The van der Waals surface area contributed by atoms with E-state index in [1.165, 1.54) is 13.2 Å². The van der Waals surface area contributed by atoms with Gasteiger partial charge in [0, 0.05) is 24.6 Å². The maximum Gasteiger partial charge on any atom is 0.308 e. The van der Waals surface area contributed by atoms with Crippen LogP contribution in [0.25, 0.3) is 0 Å². The number of halogens is 1. The maximum atomic E-state index is 14.1. The van der Waals surface area contributed by atoms with E-state index < -0.39 is 17.7 Å². The lowest BCUT2D eigenvalue weighted by Gasteiger charge is -2.33. The Morgan fingerprint density at radius 1 is 1.53 bits per heavy atom. The van der Waals surface area contributed by atoms with Gasteiger partial charge < -0.3 is 15.2 Å². The smallest absolute Gasteiger partial charge is 0.308 e. The molecule has 0 aliphatic carbocycles. The second kappa shape index (κ2) is 5.57. The third-order valence-corrected chi connectivity index (χ3v) is 3.70. The Morgan fingerprint density at radius 3 is 2.84 bits per heavy atom. The number of carboxylic acids is 1. The molecule has 0 radical (unpaired) electrons. The van der Waals surface area contributed by atoms with E-state index in [2.05, 4.69) is 5.32 Å². The highest BCUT2D eigenvalue weighted by molar-refractivity contribution is 5.72.